The zero-order chi connectivity index (χ0) is 14.2. The van der Waals surface area contributed by atoms with E-state index in [1.165, 1.54) is 29.8 Å². The monoisotopic (exact) mass is 297 g/mol. The molecule has 0 amide bonds. The van der Waals surface area contributed by atoms with Gasteiger partial charge in [0.15, 0.2) is 0 Å². The number of nitrogens with one attached hydrogen (secondary N) is 2. The molecule has 2 aliphatic rings. The smallest absolute Gasteiger partial charge is 0.240 e. The lowest BCUT2D eigenvalue weighted by atomic mass is 10.2. The molecular formula is C10H11N5O4S. The van der Waals surface area contributed by atoms with Crippen LogP contribution >= 0.6 is 0 Å². The Balaban J connectivity index is 2.07. The largest absolute Gasteiger partial charge is 0.395 e. The number of hydrogen-bond acceptors (Lipinski definition) is 8. The standard InChI is InChI=1S/C10H11N5O4S/c11-20(16,17)10-2-1-8(14-3-5-18-12-14)7-9(10)15-4-6-19-13-15/h1-7,12-13H,(H2,11,16,17). The van der Waals surface area contributed by atoms with Gasteiger partial charge in [-0.05, 0) is 18.2 Å². The summed E-state index contributed by atoms with van der Waals surface area (Å²) in [5.74, 6) is 0. The van der Waals surface area contributed by atoms with E-state index in [9.17, 15) is 8.42 Å². The summed E-state index contributed by atoms with van der Waals surface area (Å²) in [6.07, 6.45) is 5.98. The van der Waals surface area contributed by atoms with Crippen LogP contribution in [-0.4, -0.2) is 8.42 Å². The highest BCUT2D eigenvalue weighted by molar-refractivity contribution is 7.89. The van der Waals surface area contributed by atoms with Gasteiger partial charge in [0.2, 0.25) is 10.0 Å². The number of hydrazine groups is 2. The van der Waals surface area contributed by atoms with E-state index in [0.717, 1.165) is 0 Å². The zero-order valence-electron chi connectivity index (χ0n) is 10.1. The van der Waals surface area contributed by atoms with Crippen molar-refractivity contribution in [1.29, 1.82) is 0 Å². The number of hydrogen-bond donors (Lipinski definition) is 3. The molecule has 0 saturated carbocycles. The van der Waals surface area contributed by atoms with Crippen molar-refractivity contribution in [3.8, 4) is 0 Å². The molecule has 1 aromatic rings. The lowest BCUT2D eigenvalue weighted by Gasteiger charge is -2.20. The predicted octanol–water partition coefficient (Wildman–Crippen LogP) is -0.211. The van der Waals surface area contributed by atoms with E-state index in [2.05, 4.69) is 11.2 Å². The van der Waals surface area contributed by atoms with Crippen molar-refractivity contribution in [3.05, 3.63) is 43.1 Å². The molecule has 0 bridgehead atoms. The van der Waals surface area contributed by atoms with E-state index < -0.39 is 10.0 Å². The average Bonchev–Trinajstić information content (AvgIpc) is 3.10. The number of nitrogens with two attached hydrogens (primary N) is 1. The minimum Gasteiger partial charge on any atom is -0.395 e. The second-order valence-electron chi connectivity index (χ2n) is 3.93. The van der Waals surface area contributed by atoms with Crippen LogP contribution in [0.15, 0.2) is 48.0 Å². The van der Waals surface area contributed by atoms with Crippen molar-refractivity contribution in [2.45, 2.75) is 4.90 Å². The van der Waals surface area contributed by atoms with Crippen LogP contribution in [0.2, 0.25) is 0 Å². The van der Waals surface area contributed by atoms with Gasteiger partial charge in [-0.3, -0.25) is 0 Å². The molecule has 20 heavy (non-hydrogen) atoms. The van der Waals surface area contributed by atoms with Crippen molar-refractivity contribution >= 4 is 21.4 Å². The molecule has 0 aromatic heterocycles. The molecule has 3 rings (SSSR count). The van der Waals surface area contributed by atoms with Crippen molar-refractivity contribution in [3.63, 3.8) is 0 Å². The molecular weight excluding hydrogens is 286 g/mol. The van der Waals surface area contributed by atoms with Gasteiger partial charge in [0.25, 0.3) is 0 Å². The van der Waals surface area contributed by atoms with Gasteiger partial charge in [-0.15, -0.1) is 0 Å². The molecule has 2 aliphatic heterocycles. The highest BCUT2D eigenvalue weighted by atomic mass is 32.2. The molecule has 0 spiro atoms. The maximum atomic E-state index is 11.6. The quantitative estimate of drug-likeness (QED) is 0.703. The van der Waals surface area contributed by atoms with Crippen LogP contribution in [0.25, 0.3) is 0 Å². The van der Waals surface area contributed by atoms with Gasteiger partial charge in [0, 0.05) is 0 Å². The van der Waals surface area contributed by atoms with Crippen LogP contribution in [0.3, 0.4) is 0 Å². The number of anilines is 2. The van der Waals surface area contributed by atoms with Crippen molar-refractivity contribution in [2.75, 3.05) is 10.0 Å². The van der Waals surface area contributed by atoms with Crippen LogP contribution in [0.1, 0.15) is 0 Å². The first-order valence-corrected chi connectivity index (χ1v) is 7.01. The molecule has 0 fully saturated rings. The summed E-state index contributed by atoms with van der Waals surface area (Å²) in [7, 11) is -3.87. The Morgan fingerprint density at radius 2 is 1.70 bits per heavy atom. The number of rotatable bonds is 3. The van der Waals surface area contributed by atoms with Crippen LogP contribution < -0.4 is 26.3 Å². The summed E-state index contributed by atoms with van der Waals surface area (Å²) >= 11 is 0. The summed E-state index contributed by atoms with van der Waals surface area (Å²) in [5, 5.41) is 8.17. The SMILES string of the molecule is NS(=O)(=O)c1ccc(N2C=CON2)cc1N1C=CON1. The minimum absolute atomic E-state index is 0.0343. The van der Waals surface area contributed by atoms with Gasteiger partial charge in [0.05, 0.1) is 23.8 Å². The molecule has 0 saturated heterocycles. The van der Waals surface area contributed by atoms with Gasteiger partial charge in [0.1, 0.15) is 17.4 Å². The second kappa shape index (κ2) is 4.68. The Kier molecular flexibility index (Phi) is 2.99. The predicted molar refractivity (Wildman–Crippen MR) is 69.5 cm³/mol. The van der Waals surface area contributed by atoms with E-state index in [1.807, 2.05) is 0 Å². The Hall–Kier alpha value is -2.27. The number of nitrogens with zero attached hydrogens (tertiary/aromatic N) is 2. The Bertz CT molecular complexity index is 687. The average molecular weight is 297 g/mol. The van der Waals surface area contributed by atoms with E-state index in [-0.39, 0.29) is 4.90 Å². The molecule has 0 unspecified atom stereocenters. The second-order valence-corrected chi connectivity index (χ2v) is 5.46. The van der Waals surface area contributed by atoms with Crippen LogP contribution in [-0.2, 0) is 19.7 Å². The summed E-state index contributed by atoms with van der Waals surface area (Å²) in [6.45, 7) is 0. The summed E-state index contributed by atoms with van der Waals surface area (Å²) < 4.78 is 23.3. The summed E-state index contributed by atoms with van der Waals surface area (Å²) in [5.41, 5.74) is 6.10. The summed E-state index contributed by atoms with van der Waals surface area (Å²) in [4.78, 5) is 9.66. The highest BCUT2D eigenvalue weighted by Gasteiger charge is 2.22. The first-order valence-electron chi connectivity index (χ1n) is 5.47. The zero-order valence-corrected chi connectivity index (χ0v) is 10.9. The lowest BCUT2D eigenvalue weighted by molar-refractivity contribution is 0.158. The van der Waals surface area contributed by atoms with Crippen LogP contribution in [0.4, 0.5) is 11.4 Å². The number of sulfonamides is 1. The van der Waals surface area contributed by atoms with Gasteiger partial charge >= 0.3 is 0 Å². The first-order chi connectivity index (χ1) is 9.55. The number of benzene rings is 1. The van der Waals surface area contributed by atoms with Gasteiger partial charge in [-0.2, -0.15) is 0 Å². The van der Waals surface area contributed by atoms with Gasteiger partial charge in [-0.25, -0.2) is 23.6 Å². The molecule has 0 atom stereocenters. The van der Waals surface area contributed by atoms with Gasteiger partial charge in [-0.1, -0.05) is 11.2 Å². The molecule has 2 heterocycles. The Labute approximate surface area is 114 Å². The minimum atomic E-state index is -3.87. The first kappa shape index (κ1) is 12.7. The fourth-order valence-corrected chi connectivity index (χ4v) is 2.48. The third kappa shape index (κ3) is 2.28. The van der Waals surface area contributed by atoms with Crippen molar-refractivity contribution in [1.82, 2.24) is 11.2 Å². The summed E-state index contributed by atoms with van der Waals surface area (Å²) in [6, 6.07) is 4.61. The third-order valence-corrected chi connectivity index (χ3v) is 3.60. The molecule has 0 radical (unpaired) electrons. The topological polar surface area (TPSA) is 109 Å². The van der Waals surface area contributed by atoms with E-state index in [1.54, 1.807) is 23.3 Å². The molecule has 10 heteroatoms. The molecule has 0 aliphatic carbocycles. The normalized spacial score (nSPS) is 17.4. The molecule has 9 nitrogen and oxygen atoms in total. The fourth-order valence-electron chi connectivity index (χ4n) is 1.77. The van der Waals surface area contributed by atoms with E-state index in [4.69, 9.17) is 14.8 Å². The van der Waals surface area contributed by atoms with Gasteiger partial charge < -0.3 is 9.68 Å². The molecule has 1 aromatic carbocycles. The molecule has 4 N–H and O–H groups in total. The maximum Gasteiger partial charge on any atom is 0.240 e. The third-order valence-electron chi connectivity index (χ3n) is 2.64. The Morgan fingerprint density at radius 3 is 2.25 bits per heavy atom. The van der Waals surface area contributed by atoms with Crippen LogP contribution in [0, 0.1) is 0 Å². The van der Waals surface area contributed by atoms with Crippen molar-refractivity contribution in [2.24, 2.45) is 5.14 Å². The lowest BCUT2D eigenvalue weighted by Crippen LogP contribution is -2.31. The van der Waals surface area contributed by atoms with E-state index >= 15 is 0 Å². The molecule has 106 valence electrons. The Morgan fingerprint density at radius 1 is 1.05 bits per heavy atom. The fraction of sp³-hybridized carbons (Fsp3) is 0. The highest BCUT2D eigenvalue weighted by Crippen LogP contribution is 2.30. The maximum absolute atomic E-state index is 11.6. The van der Waals surface area contributed by atoms with E-state index in [0.29, 0.717) is 11.4 Å². The number of primary sulfonamides is 1. The van der Waals surface area contributed by atoms with Crippen molar-refractivity contribution < 1.29 is 18.1 Å². The van der Waals surface area contributed by atoms with Crippen LogP contribution in [0.5, 0.6) is 0 Å².